The highest BCUT2D eigenvalue weighted by Crippen LogP contribution is 2.14. The van der Waals surface area contributed by atoms with Crippen molar-refractivity contribution < 1.29 is 0 Å². The Balaban J connectivity index is 4.43. The molecule has 0 aromatic rings. The quantitative estimate of drug-likeness (QED) is 0.621. The van der Waals surface area contributed by atoms with Gasteiger partial charge in [0.15, 0.2) is 0 Å². The largest absolute Gasteiger partial charge is 0.299 e. The van der Waals surface area contributed by atoms with Crippen LogP contribution in [0, 0.1) is 5.92 Å². The minimum atomic E-state index is 0.217. The molecule has 3 atom stereocenters. The highest BCUT2D eigenvalue weighted by molar-refractivity contribution is 4.83. The molecule has 0 spiro atoms. The summed E-state index contributed by atoms with van der Waals surface area (Å²) in [6.07, 6.45) is 3.97. The maximum absolute atomic E-state index is 3.75. The molecule has 2 nitrogen and oxygen atoms in total. The maximum atomic E-state index is 3.75. The molecule has 2 N–H and O–H groups in total. The summed E-state index contributed by atoms with van der Waals surface area (Å²) in [7, 11) is 0. The van der Waals surface area contributed by atoms with Gasteiger partial charge in [-0.2, -0.15) is 0 Å². The summed E-state index contributed by atoms with van der Waals surface area (Å²) in [5.74, 6) is 0.667. The van der Waals surface area contributed by atoms with Crippen molar-refractivity contribution in [3.63, 3.8) is 0 Å². The Morgan fingerprint density at radius 3 is 1.94 bits per heavy atom. The third-order valence-corrected chi connectivity index (χ3v) is 3.72. The summed E-state index contributed by atoms with van der Waals surface area (Å²) in [4.78, 5) is 0. The molecule has 98 valence electrons. The Morgan fingerprint density at radius 2 is 1.56 bits per heavy atom. The first-order valence-corrected chi connectivity index (χ1v) is 6.90. The van der Waals surface area contributed by atoms with Gasteiger partial charge in [-0.3, -0.25) is 10.6 Å². The molecule has 16 heavy (non-hydrogen) atoms. The predicted octanol–water partition coefficient (Wildman–Crippen LogP) is 3.52. The molecule has 0 aromatic heterocycles. The fraction of sp³-hybridized carbons (Fsp3) is 1.00. The Bertz CT molecular complexity index is 178. The molecule has 0 amide bonds. The Labute approximate surface area is 103 Å². The second-order valence-electron chi connectivity index (χ2n) is 5.72. The number of rotatable bonds is 8. The summed E-state index contributed by atoms with van der Waals surface area (Å²) in [6, 6.07) is 0.583. The zero-order valence-electron chi connectivity index (χ0n) is 12.4. The van der Waals surface area contributed by atoms with E-state index >= 15 is 0 Å². The van der Waals surface area contributed by atoms with Crippen LogP contribution in [0.25, 0.3) is 0 Å². The van der Waals surface area contributed by atoms with Gasteiger partial charge >= 0.3 is 0 Å². The Morgan fingerprint density at radius 1 is 1.00 bits per heavy atom. The molecule has 0 aromatic carbocycles. The van der Waals surface area contributed by atoms with Gasteiger partial charge in [0.05, 0.1) is 6.17 Å². The average Bonchev–Trinajstić information content (AvgIpc) is 2.26. The molecule has 0 rings (SSSR count). The van der Waals surface area contributed by atoms with Gasteiger partial charge in [-0.05, 0) is 39.5 Å². The monoisotopic (exact) mass is 228 g/mol. The third-order valence-electron chi connectivity index (χ3n) is 3.72. The average molecular weight is 228 g/mol. The van der Waals surface area contributed by atoms with Crippen LogP contribution in [0.2, 0.25) is 0 Å². The lowest BCUT2D eigenvalue weighted by Gasteiger charge is -2.36. The first-order valence-electron chi connectivity index (χ1n) is 6.90. The molecule has 0 bridgehead atoms. The van der Waals surface area contributed by atoms with E-state index in [1.165, 1.54) is 12.8 Å². The van der Waals surface area contributed by atoms with Gasteiger partial charge in [0.25, 0.3) is 0 Å². The van der Waals surface area contributed by atoms with Gasteiger partial charge < -0.3 is 0 Å². The van der Waals surface area contributed by atoms with E-state index in [9.17, 15) is 0 Å². The molecule has 3 unspecified atom stereocenters. The highest BCUT2D eigenvalue weighted by atomic mass is 15.2. The van der Waals surface area contributed by atoms with Crippen LogP contribution < -0.4 is 10.6 Å². The minimum Gasteiger partial charge on any atom is -0.299 e. The standard InChI is InChI=1S/C14H32N2/c1-8-11(4)13(15-12(5)9-2)16-14(6,7)10-3/h11-13,15-16H,8-10H2,1-7H3. The molecular formula is C14H32N2. The smallest absolute Gasteiger partial charge is 0.0604 e. The van der Waals surface area contributed by atoms with Crippen LogP contribution in [0.5, 0.6) is 0 Å². The normalized spacial score (nSPS) is 18.2. The molecule has 0 saturated carbocycles. The summed E-state index contributed by atoms with van der Waals surface area (Å²) in [6.45, 7) is 15.9. The van der Waals surface area contributed by atoms with Crippen LogP contribution in [0.4, 0.5) is 0 Å². The zero-order valence-corrected chi connectivity index (χ0v) is 12.4. The van der Waals surface area contributed by atoms with Crippen LogP contribution in [0.1, 0.15) is 67.7 Å². The van der Waals surface area contributed by atoms with E-state index < -0.39 is 0 Å². The van der Waals surface area contributed by atoms with E-state index in [0.717, 1.165) is 6.42 Å². The van der Waals surface area contributed by atoms with Crippen LogP contribution >= 0.6 is 0 Å². The zero-order chi connectivity index (χ0) is 12.8. The Kier molecular flexibility index (Phi) is 7.25. The maximum Gasteiger partial charge on any atom is 0.0604 e. The van der Waals surface area contributed by atoms with E-state index in [2.05, 4.69) is 59.1 Å². The topological polar surface area (TPSA) is 24.1 Å². The molecule has 0 aliphatic rings. The second kappa shape index (κ2) is 7.29. The number of nitrogens with one attached hydrogen (secondary N) is 2. The minimum absolute atomic E-state index is 0.217. The first-order chi connectivity index (χ1) is 7.36. The van der Waals surface area contributed by atoms with Crippen molar-refractivity contribution in [1.29, 1.82) is 0 Å². The molecule has 0 fully saturated rings. The van der Waals surface area contributed by atoms with Crippen LogP contribution in [0.15, 0.2) is 0 Å². The Hall–Kier alpha value is -0.0800. The molecule has 2 heteroatoms. The van der Waals surface area contributed by atoms with Gasteiger partial charge in [0.2, 0.25) is 0 Å². The molecule has 0 heterocycles. The van der Waals surface area contributed by atoms with E-state index in [0.29, 0.717) is 18.1 Å². The first kappa shape index (κ1) is 15.9. The van der Waals surface area contributed by atoms with Gasteiger partial charge in [0.1, 0.15) is 0 Å². The summed E-state index contributed by atoms with van der Waals surface area (Å²) in [5, 5.41) is 7.44. The fourth-order valence-electron chi connectivity index (χ4n) is 1.53. The van der Waals surface area contributed by atoms with Crippen molar-refractivity contribution >= 4 is 0 Å². The fourth-order valence-corrected chi connectivity index (χ4v) is 1.53. The lowest BCUT2D eigenvalue weighted by molar-refractivity contribution is 0.215. The van der Waals surface area contributed by atoms with Crippen LogP contribution in [-0.4, -0.2) is 17.7 Å². The van der Waals surface area contributed by atoms with E-state index in [-0.39, 0.29) is 5.54 Å². The SMILES string of the molecule is CCC(C)NC(NC(C)(C)CC)C(C)CC. The van der Waals surface area contributed by atoms with Crippen molar-refractivity contribution in [2.45, 2.75) is 85.5 Å². The molecule has 0 radical (unpaired) electrons. The summed E-state index contributed by atoms with van der Waals surface area (Å²) < 4.78 is 0. The van der Waals surface area contributed by atoms with Crippen LogP contribution in [-0.2, 0) is 0 Å². The lowest BCUT2D eigenvalue weighted by Crippen LogP contribution is -2.57. The van der Waals surface area contributed by atoms with Crippen molar-refractivity contribution in [2.24, 2.45) is 5.92 Å². The molecule has 0 aliphatic carbocycles. The number of hydrogen-bond donors (Lipinski definition) is 2. The van der Waals surface area contributed by atoms with Gasteiger partial charge in [0, 0.05) is 11.6 Å². The third kappa shape index (κ3) is 5.86. The van der Waals surface area contributed by atoms with Crippen molar-refractivity contribution in [3.8, 4) is 0 Å². The van der Waals surface area contributed by atoms with E-state index in [1.54, 1.807) is 0 Å². The molecule has 0 saturated heterocycles. The summed E-state index contributed by atoms with van der Waals surface area (Å²) in [5.41, 5.74) is 0.217. The van der Waals surface area contributed by atoms with Crippen molar-refractivity contribution in [1.82, 2.24) is 10.6 Å². The van der Waals surface area contributed by atoms with E-state index in [1.807, 2.05) is 0 Å². The summed E-state index contributed by atoms with van der Waals surface area (Å²) >= 11 is 0. The van der Waals surface area contributed by atoms with Gasteiger partial charge in [-0.15, -0.1) is 0 Å². The predicted molar refractivity (Wildman–Crippen MR) is 73.6 cm³/mol. The molecular weight excluding hydrogens is 196 g/mol. The van der Waals surface area contributed by atoms with E-state index in [4.69, 9.17) is 0 Å². The number of hydrogen-bond acceptors (Lipinski definition) is 2. The second-order valence-corrected chi connectivity index (χ2v) is 5.72. The van der Waals surface area contributed by atoms with Crippen molar-refractivity contribution in [2.75, 3.05) is 0 Å². The highest BCUT2D eigenvalue weighted by Gasteiger charge is 2.24. The van der Waals surface area contributed by atoms with Gasteiger partial charge in [-0.1, -0.05) is 34.1 Å². The molecule has 0 aliphatic heterocycles. The van der Waals surface area contributed by atoms with Crippen molar-refractivity contribution in [3.05, 3.63) is 0 Å². The van der Waals surface area contributed by atoms with Gasteiger partial charge in [-0.25, -0.2) is 0 Å². The lowest BCUT2D eigenvalue weighted by atomic mass is 9.97. The van der Waals surface area contributed by atoms with Crippen LogP contribution in [0.3, 0.4) is 0 Å².